The molecule has 2 saturated carbocycles. The molecule has 3 heterocycles. The molecule has 6 atom stereocenters. The normalized spacial score (nSPS) is 20.6. The van der Waals surface area contributed by atoms with Crippen LogP contribution < -0.4 is 16.0 Å². The molecule has 7 rings (SSSR count). The van der Waals surface area contributed by atoms with Crippen LogP contribution in [0, 0.1) is 11.8 Å². The molecule has 1 saturated heterocycles. The predicted octanol–water partition coefficient (Wildman–Crippen LogP) is 5.24. The molecule has 3 aliphatic rings. The lowest BCUT2D eigenvalue weighted by Gasteiger charge is -2.29. The molecule has 0 unspecified atom stereocenters. The first kappa shape index (κ1) is 34.8. The number of H-pyrrole nitrogens is 2. The molecule has 2 aliphatic carbocycles. The van der Waals surface area contributed by atoms with E-state index in [-0.39, 0.29) is 29.9 Å². The number of amides is 4. The van der Waals surface area contributed by atoms with Crippen molar-refractivity contribution in [1.82, 2.24) is 40.8 Å². The standard InChI is InChI=1S/C38H44N8O6/c1-20(41-37(49)51-3)35(47)45-28(15-22-5-6-22)33-39-18-29(43-33)25-11-7-23(8-12-25)24-9-13-26(14-10-24)30-19-40-34(44-30)32-17-27-16-31(27)46(32)36(48)21(2)42-38(50)52-4/h7-14,18-22,27-28,31-32H,5-6,15-17H2,1-4H3,(H,39,43)(H,40,44)(H,41,49)(H,42,50)(H,45,47)/t20-,21-,27+,28-,31+,32-/m0/s1. The Hall–Kier alpha value is -5.66. The maximum Gasteiger partial charge on any atom is 0.407 e. The summed E-state index contributed by atoms with van der Waals surface area (Å²) in [5.41, 5.74) is 5.77. The molecular formula is C38H44N8O6. The zero-order valence-corrected chi connectivity index (χ0v) is 29.6. The lowest BCUT2D eigenvalue weighted by atomic mass is 10.0. The Morgan fingerprint density at radius 3 is 1.92 bits per heavy atom. The van der Waals surface area contributed by atoms with Crippen molar-refractivity contribution in [2.24, 2.45) is 11.8 Å². The quantitative estimate of drug-likeness (QED) is 0.132. The van der Waals surface area contributed by atoms with Gasteiger partial charge in [0.05, 0.1) is 50.1 Å². The summed E-state index contributed by atoms with van der Waals surface area (Å²) in [7, 11) is 2.54. The minimum atomic E-state index is -0.749. The number of carbonyl (C=O) groups is 4. The Kier molecular flexibility index (Phi) is 9.71. The van der Waals surface area contributed by atoms with Gasteiger partial charge in [-0.2, -0.15) is 0 Å². The molecule has 4 aromatic rings. The number of carbonyl (C=O) groups excluding carboxylic acids is 4. The highest BCUT2D eigenvalue weighted by Gasteiger charge is 2.55. The first-order valence-corrected chi connectivity index (χ1v) is 17.7. The fourth-order valence-electron chi connectivity index (χ4n) is 7.06. The number of benzene rings is 2. The van der Waals surface area contributed by atoms with Crippen LogP contribution >= 0.6 is 0 Å². The Labute approximate surface area is 301 Å². The van der Waals surface area contributed by atoms with Crippen molar-refractivity contribution in [3.05, 3.63) is 72.6 Å². The van der Waals surface area contributed by atoms with Crippen LogP contribution in [0.1, 0.15) is 69.7 Å². The van der Waals surface area contributed by atoms with E-state index in [1.54, 1.807) is 26.2 Å². The van der Waals surface area contributed by atoms with Crippen molar-refractivity contribution in [3.8, 4) is 33.6 Å². The van der Waals surface area contributed by atoms with E-state index < -0.39 is 24.3 Å². The van der Waals surface area contributed by atoms with Crippen LogP contribution in [0.3, 0.4) is 0 Å². The number of rotatable bonds is 12. The monoisotopic (exact) mass is 708 g/mol. The number of aromatic nitrogens is 4. The van der Waals surface area contributed by atoms with Gasteiger partial charge in [0.2, 0.25) is 11.8 Å². The van der Waals surface area contributed by atoms with Crippen LogP contribution in [-0.4, -0.2) is 81.2 Å². The van der Waals surface area contributed by atoms with E-state index in [1.165, 1.54) is 14.2 Å². The van der Waals surface area contributed by atoms with E-state index in [9.17, 15) is 19.2 Å². The number of ether oxygens (including phenoxy) is 2. The molecule has 0 spiro atoms. The number of fused-ring (bicyclic) bond motifs is 1. The molecule has 2 aromatic heterocycles. The summed E-state index contributed by atoms with van der Waals surface area (Å²) in [4.78, 5) is 67.5. The van der Waals surface area contributed by atoms with Gasteiger partial charge in [-0.3, -0.25) is 9.59 Å². The van der Waals surface area contributed by atoms with Crippen molar-refractivity contribution in [2.75, 3.05) is 14.2 Å². The smallest absolute Gasteiger partial charge is 0.407 e. The molecule has 4 amide bonds. The van der Waals surface area contributed by atoms with Crippen molar-refractivity contribution in [2.45, 2.75) is 76.2 Å². The second kappa shape index (κ2) is 14.5. The Bertz CT molecular complexity index is 1930. The molecular weight excluding hydrogens is 664 g/mol. The topological polar surface area (TPSA) is 183 Å². The fourth-order valence-corrected chi connectivity index (χ4v) is 7.06. The zero-order chi connectivity index (χ0) is 36.5. The third-order valence-corrected chi connectivity index (χ3v) is 10.3. The highest BCUT2D eigenvalue weighted by atomic mass is 16.5. The van der Waals surface area contributed by atoms with Crippen molar-refractivity contribution in [3.63, 3.8) is 0 Å². The van der Waals surface area contributed by atoms with Gasteiger partial charge < -0.3 is 40.3 Å². The first-order valence-electron chi connectivity index (χ1n) is 17.7. The molecule has 272 valence electrons. The molecule has 14 heteroatoms. The molecule has 3 fully saturated rings. The third-order valence-electron chi connectivity index (χ3n) is 10.3. The van der Waals surface area contributed by atoms with Crippen LogP contribution in [0.4, 0.5) is 9.59 Å². The highest BCUT2D eigenvalue weighted by Crippen LogP contribution is 2.53. The van der Waals surface area contributed by atoms with Crippen LogP contribution in [0.15, 0.2) is 60.9 Å². The lowest BCUT2D eigenvalue weighted by Crippen LogP contribution is -2.47. The minimum Gasteiger partial charge on any atom is -0.453 e. The second-order valence-corrected chi connectivity index (χ2v) is 14.0. The summed E-state index contributed by atoms with van der Waals surface area (Å²) in [6.07, 6.45) is 7.15. The lowest BCUT2D eigenvalue weighted by molar-refractivity contribution is -0.135. The summed E-state index contributed by atoms with van der Waals surface area (Å²) >= 11 is 0. The Morgan fingerprint density at radius 2 is 1.33 bits per heavy atom. The third kappa shape index (κ3) is 7.51. The van der Waals surface area contributed by atoms with Gasteiger partial charge in [-0.1, -0.05) is 61.4 Å². The summed E-state index contributed by atoms with van der Waals surface area (Å²) < 4.78 is 9.29. The van der Waals surface area contributed by atoms with Gasteiger partial charge in [0.25, 0.3) is 0 Å². The van der Waals surface area contributed by atoms with E-state index in [0.717, 1.165) is 71.6 Å². The molecule has 52 heavy (non-hydrogen) atoms. The molecule has 2 aromatic carbocycles. The van der Waals surface area contributed by atoms with Crippen molar-refractivity contribution >= 4 is 24.0 Å². The van der Waals surface area contributed by atoms with Crippen LogP contribution in [-0.2, 0) is 19.1 Å². The van der Waals surface area contributed by atoms with Gasteiger partial charge >= 0.3 is 12.2 Å². The number of methoxy groups -OCH3 is 2. The molecule has 0 radical (unpaired) electrons. The van der Waals surface area contributed by atoms with Gasteiger partial charge in [-0.25, -0.2) is 19.6 Å². The number of nitrogens with zero attached hydrogens (tertiary/aromatic N) is 3. The van der Waals surface area contributed by atoms with Gasteiger partial charge in [-0.15, -0.1) is 0 Å². The van der Waals surface area contributed by atoms with Crippen LogP contribution in [0.2, 0.25) is 0 Å². The Morgan fingerprint density at radius 1 is 0.769 bits per heavy atom. The van der Waals surface area contributed by atoms with E-state index in [1.807, 2.05) is 17.0 Å². The number of aromatic amines is 2. The average molecular weight is 709 g/mol. The average Bonchev–Trinajstić information content (AvgIpc) is 3.94. The Balaban J connectivity index is 0.996. The predicted molar refractivity (Wildman–Crippen MR) is 191 cm³/mol. The summed E-state index contributed by atoms with van der Waals surface area (Å²) in [6, 6.07) is 14.7. The van der Waals surface area contributed by atoms with Gasteiger partial charge in [0, 0.05) is 6.04 Å². The largest absolute Gasteiger partial charge is 0.453 e. The van der Waals surface area contributed by atoms with Gasteiger partial charge in [0.15, 0.2) is 0 Å². The van der Waals surface area contributed by atoms with E-state index >= 15 is 0 Å². The maximum absolute atomic E-state index is 13.3. The molecule has 0 bridgehead atoms. The minimum absolute atomic E-state index is 0.135. The van der Waals surface area contributed by atoms with E-state index in [2.05, 4.69) is 81.8 Å². The van der Waals surface area contributed by atoms with Crippen molar-refractivity contribution < 1.29 is 28.7 Å². The van der Waals surface area contributed by atoms with E-state index in [4.69, 9.17) is 0 Å². The number of imidazole rings is 2. The molecule has 5 N–H and O–H groups in total. The van der Waals surface area contributed by atoms with Crippen LogP contribution in [0.5, 0.6) is 0 Å². The number of hydrogen-bond acceptors (Lipinski definition) is 8. The highest BCUT2D eigenvalue weighted by molar-refractivity contribution is 5.87. The molecule has 14 nitrogen and oxygen atoms in total. The van der Waals surface area contributed by atoms with Gasteiger partial charge in [0.1, 0.15) is 23.7 Å². The SMILES string of the molecule is COC(=O)N[C@@H](C)C(=O)N[C@@H](CC1CC1)c1ncc(-c2ccc(-c3ccc(-c4cnc([C@@H]5C[C@H]6C[C@H]6N5C(=O)[C@H](C)NC(=O)OC)[nH]4)cc3)cc2)[nH]1. The summed E-state index contributed by atoms with van der Waals surface area (Å²) in [6.45, 7) is 3.29. The summed E-state index contributed by atoms with van der Waals surface area (Å²) in [5, 5.41) is 8.14. The first-order chi connectivity index (χ1) is 25.1. The molecule has 1 aliphatic heterocycles. The number of piperidine rings is 1. The number of alkyl carbamates (subject to hydrolysis) is 2. The number of nitrogens with one attached hydrogen (secondary N) is 5. The second-order valence-electron chi connectivity index (χ2n) is 14.0. The fraction of sp³-hybridized carbons (Fsp3) is 0.421. The van der Waals surface area contributed by atoms with Crippen molar-refractivity contribution in [1.29, 1.82) is 0 Å². The number of hydrogen-bond donors (Lipinski definition) is 5. The summed E-state index contributed by atoms with van der Waals surface area (Å²) in [5.74, 6) is 1.98. The zero-order valence-electron chi connectivity index (χ0n) is 29.6. The van der Waals surface area contributed by atoms with E-state index in [0.29, 0.717) is 17.7 Å². The van der Waals surface area contributed by atoms with Gasteiger partial charge in [-0.05, 0) is 67.2 Å². The maximum atomic E-state index is 13.3. The number of likely N-dealkylation sites (tertiary alicyclic amines) is 1. The van der Waals surface area contributed by atoms with Crippen LogP contribution in [0.25, 0.3) is 33.6 Å².